The molecule has 2 aliphatic carbocycles. The van der Waals surface area contributed by atoms with E-state index in [0.29, 0.717) is 5.92 Å². The zero-order valence-corrected chi connectivity index (χ0v) is 12.6. The third-order valence-corrected chi connectivity index (χ3v) is 5.10. The summed E-state index contributed by atoms with van der Waals surface area (Å²) >= 11 is 0. The molecular formula is C18H25NO2. The SMILES string of the molecule is c1cc2c(cc1C1CCCC1CNC1CC1)OCCCO2. The molecule has 21 heavy (non-hydrogen) atoms. The lowest BCUT2D eigenvalue weighted by Gasteiger charge is -2.21. The van der Waals surface area contributed by atoms with E-state index in [4.69, 9.17) is 9.47 Å². The molecule has 1 aliphatic heterocycles. The van der Waals surface area contributed by atoms with Gasteiger partial charge in [-0.1, -0.05) is 12.5 Å². The Hall–Kier alpha value is -1.22. The van der Waals surface area contributed by atoms with Gasteiger partial charge < -0.3 is 14.8 Å². The largest absolute Gasteiger partial charge is 0.490 e. The molecule has 1 N–H and O–H groups in total. The first-order valence-corrected chi connectivity index (χ1v) is 8.53. The lowest BCUT2D eigenvalue weighted by molar-refractivity contribution is 0.297. The summed E-state index contributed by atoms with van der Waals surface area (Å²) in [6.07, 6.45) is 7.76. The smallest absolute Gasteiger partial charge is 0.161 e. The molecule has 0 amide bonds. The van der Waals surface area contributed by atoms with Gasteiger partial charge in [0, 0.05) is 12.5 Å². The fraction of sp³-hybridized carbons (Fsp3) is 0.667. The van der Waals surface area contributed by atoms with Crippen LogP contribution in [0.3, 0.4) is 0 Å². The first-order valence-electron chi connectivity index (χ1n) is 8.53. The molecule has 4 rings (SSSR count). The fourth-order valence-corrected chi connectivity index (χ4v) is 3.74. The average molecular weight is 287 g/mol. The van der Waals surface area contributed by atoms with Gasteiger partial charge in [0.2, 0.25) is 0 Å². The molecule has 1 heterocycles. The molecule has 3 nitrogen and oxygen atoms in total. The summed E-state index contributed by atoms with van der Waals surface area (Å²) in [5, 5.41) is 3.71. The number of hydrogen-bond acceptors (Lipinski definition) is 3. The summed E-state index contributed by atoms with van der Waals surface area (Å²) in [7, 11) is 0. The van der Waals surface area contributed by atoms with Gasteiger partial charge in [-0.05, 0) is 61.8 Å². The number of nitrogens with one attached hydrogen (secondary N) is 1. The Morgan fingerprint density at radius 2 is 1.81 bits per heavy atom. The van der Waals surface area contributed by atoms with E-state index in [9.17, 15) is 0 Å². The van der Waals surface area contributed by atoms with Crippen LogP contribution < -0.4 is 14.8 Å². The summed E-state index contributed by atoms with van der Waals surface area (Å²) in [6.45, 7) is 2.72. The topological polar surface area (TPSA) is 30.5 Å². The number of ether oxygens (including phenoxy) is 2. The first kappa shape index (κ1) is 13.4. The highest BCUT2D eigenvalue weighted by atomic mass is 16.5. The van der Waals surface area contributed by atoms with Crippen molar-refractivity contribution in [3.8, 4) is 11.5 Å². The van der Waals surface area contributed by atoms with Crippen LogP contribution in [0.1, 0.15) is 50.0 Å². The minimum absolute atomic E-state index is 0.688. The van der Waals surface area contributed by atoms with Crippen LogP contribution in [0.15, 0.2) is 18.2 Å². The molecule has 114 valence electrons. The highest BCUT2D eigenvalue weighted by Gasteiger charge is 2.31. The predicted molar refractivity (Wildman–Crippen MR) is 83.2 cm³/mol. The third-order valence-electron chi connectivity index (χ3n) is 5.10. The normalized spacial score (nSPS) is 28.4. The van der Waals surface area contributed by atoms with Gasteiger partial charge in [0.15, 0.2) is 11.5 Å². The molecule has 3 heteroatoms. The first-order chi connectivity index (χ1) is 10.4. The Bertz CT molecular complexity index is 498. The maximum Gasteiger partial charge on any atom is 0.161 e. The highest BCUT2D eigenvalue weighted by molar-refractivity contribution is 5.44. The van der Waals surface area contributed by atoms with Gasteiger partial charge in [0.05, 0.1) is 13.2 Å². The monoisotopic (exact) mass is 287 g/mol. The molecule has 1 aromatic rings. The van der Waals surface area contributed by atoms with Crippen molar-refractivity contribution in [1.82, 2.24) is 5.32 Å². The third kappa shape index (κ3) is 3.03. The molecule has 0 aromatic heterocycles. The molecular weight excluding hydrogens is 262 g/mol. The second kappa shape index (κ2) is 5.88. The van der Waals surface area contributed by atoms with Crippen molar-refractivity contribution in [3.63, 3.8) is 0 Å². The molecule has 2 saturated carbocycles. The van der Waals surface area contributed by atoms with E-state index in [2.05, 4.69) is 23.5 Å². The van der Waals surface area contributed by atoms with Crippen molar-refractivity contribution in [1.29, 1.82) is 0 Å². The predicted octanol–water partition coefficient (Wildman–Crippen LogP) is 3.48. The number of rotatable bonds is 4. The lowest BCUT2D eigenvalue weighted by Crippen LogP contribution is -2.26. The van der Waals surface area contributed by atoms with Crippen molar-refractivity contribution in [2.24, 2.45) is 5.92 Å². The van der Waals surface area contributed by atoms with E-state index < -0.39 is 0 Å². The minimum atomic E-state index is 0.688. The van der Waals surface area contributed by atoms with Crippen LogP contribution in [0.5, 0.6) is 11.5 Å². The van der Waals surface area contributed by atoms with E-state index >= 15 is 0 Å². The average Bonchev–Trinajstić information content (AvgIpc) is 3.27. The summed E-state index contributed by atoms with van der Waals surface area (Å²) in [5.74, 6) is 3.34. The van der Waals surface area contributed by atoms with Crippen molar-refractivity contribution in [2.75, 3.05) is 19.8 Å². The minimum Gasteiger partial charge on any atom is -0.490 e. The van der Waals surface area contributed by atoms with Crippen LogP contribution >= 0.6 is 0 Å². The number of benzene rings is 1. The summed E-state index contributed by atoms with van der Waals surface area (Å²) in [6, 6.07) is 7.42. The van der Waals surface area contributed by atoms with Crippen LogP contribution in [-0.2, 0) is 0 Å². The maximum atomic E-state index is 5.85. The zero-order valence-electron chi connectivity index (χ0n) is 12.6. The Morgan fingerprint density at radius 1 is 0.952 bits per heavy atom. The zero-order chi connectivity index (χ0) is 14.1. The maximum absolute atomic E-state index is 5.85. The molecule has 0 spiro atoms. The lowest BCUT2D eigenvalue weighted by atomic mass is 9.88. The van der Waals surface area contributed by atoms with Gasteiger partial charge in [-0.25, -0.2) is 0 Å². The standard InChI is InChI=1S/C18H25NO2/c1-3-14(12-19-15-6-7-15)16(4-1)13-5-8-17-18(11-13)21-10-2-9-20-17/h5,8,11,14-16,19H,1-4,6-7,9-10,12H2. The van der Waals surface area contributed by atoms with E-state index in [1.807, 2.05) is 0 Å². The molecule has 0 saturated heterocycles. The Labute approximate surface area is 127 Å². The van der Waals surface area contributed by atoms with Crippen LogP contribution in [0.2, 0.25) is 0 Å². The van der Waals surface area contributed by atoms with Crippen LogP contribution in [0.4, 0.5) is 0 Å². The van der Waals surface area contributed by atoms with Gasteiger partial charge in [-0.2, -0.15) is 0 Å². The quantitative estimate of drug-likeness (QED) is 0.919. The molecule has 2 unspecified atom stereocenters. The van der Waals surface area contributed by atoms with Crippen molar-refractivity contribution in [3.05, 3.63) is 23.8 Å². The van der Waals surface area contributed by atoms with Gasteiger partial charge in [0.25, 0.3) is 0 Å². The molecule has 2 atom stereocenters. The highest BCUT2D eigenvalue weighted by Crippen LogP contribution is 2.42. The van der Waals surface area contributed by atoms with Gasteiger partial charge in [-0.15, -0.1) is 0 Å². The van der Waals surface area contributed by atoms with E-state index in [-0.39, 0.29) is 0 Å². The molecule has 3 aliphatic rings. The van der Waals surface area contributed by atoms with Crippen molar-refractivity contribution < 1.29 is 9.47 Å². The van der Waals surface area contributed by atoms with E-state index in [1.54, 1.807) is 0 Å². The summed E-state index contributed by atoms with van der Waals surface area (Å²) < 4.78 is 11.6. The van der Waals surface area contributed by atoms with E-state index in [0.717, 1.165) is 43.1 Å². The van der Waals surface area contributed by atoms with Crippen molar-refractivity contribution >= 4 is 0 Å². The summed E-state index contributed by atoms with van der Waals surface area (Å²) in [4.78, 5) is 0. The second-order valence-electron chi connectivity index (χ2n) is 6.74. The Balaban J connectivity index is 1.49. The number of fused-ring (bicyclic) bond motifs is 1. The van der Waals surface area contributed by atoms with Crippen LogP contribution in [0, 0.1) is 5.92 Å². The Kier molecular flexibility index (Phi) is 3.76. The van der Waals surface area contributed by atoms with E-state index in [1.165, 1.54) is 44.2 Å². The molecule has 1 aromatic carbocycles. The fourth-order valence-electron chi connectivity index (χ4n) is 3.74. The molecule has 0 radical (unpaired) electrons. The Morgan fingerprint density at radius 3 is 2.67 bits per heavy atom. The van der Waals surface area contributed by atoms with Gasteiger partial charge in [-0.3, -0.25) is 0 Å². The van der Waals surface area contributed by atoms with Crippen LogP contribution in [0.25, 0.3) is 0 Å². The van der Waals surface area contributed by atoms with Crippen molar-refractivity contribution in [2.45, 2.75) is 50.5 Å². The summed E-state index contributed by atoms with van der Waals surface area (Å²) in [5.41, 5.74) is 1.44. The number of hydrogen-bond donors (Lipinski definition) is 1. The molecule has 2 fully saturated rings. The molecule has 0 bridgehead atoms. The van der Waals surface area contributed by atoms with Gasteiger partial charge >= 0.3 is 0 Å². The van der Waals surface area contributed by atoms with Crippen LogP contribution in [-0.4, -0.2) is 25.8 Å². The second-order valence-corrected chi connectivity index (χ2v) is 6.74. The van der Waals surface area contributed by atoms with Gasteiger partial charge in [0.1, 0.15) is 0 Å².